The number of benzene rings is 1. The summed E-state index contributed by atoms with van der Waals surface area (Å²) in [5.74, 6) is 0.180. The average molecular weight is 287 g/mol. The Bertz CT molecular complexity index is 524. The highest BCUT2D eigenvalue weighted by molar-refractivity contribution is 5.97. The second-order valence-corrected chi connectivity index (χ2v) is 4.89. The molecule has 0 aliphatic carbocycles. The van der Waals surface area contributed by atoms with Crippen LogP contribution in [0.3, 0.4) is 0 Å². The molecule has 0 saturated carbocycles. The van der Waals surface area contributed by atoms with Gasteiger partial charge in [-0.05, 0) is 44.0 Å². The smallest absolute Gasteiger partial charge is 0.349 e. The van der Waals surface area contributed by atoms with E-state index in [0.29, 0.717) is 6.61 Å². The average Bonchev–Trinajstić information content (AvgIpc) is 2.45. The molecule has 0 atom stereocenters. The first-order valence-electron chi connectivity index (χ1n) is 7.12. The van der Waals surface area contributed by atoms with Crippen molar-refractivity contribution in [3.8, 4) is 11.8 Å². The van der Waals surface area contributed by atoms with E-state index in [2.05, 4.69) is 6.92 Å². The molecule has 4 heteroatoms. The summed E-state index contributed by atoms with van der Waals surface area (Å²) in [5.41, 5.74) is 0.749. The van der Waals surface area contributed by atoms with Gasteiger partial charge in [0.2, 0.25) is 0 Å². The van der Waals surface area contributed by atoms with E-state index in [1.165, 1.54) is 6.08 Å². The summed E-state index contributed by atoms with van der Waals surface area (Å²) in [6, 6.07) is 9.13. The highest BCUT2D eigenvalue weighted by Crippen LogP contribution is 2.15. The molecule has 0 N–H and O–H groups in total. The molecular weight excluding hydrogens is 266 g/mol. The molecule has 0 amide bonds. The van der Waals surface area contributed by atoms with Gasteiger partial charge < -0.3 is 9.47 Å². The van der Waals surface area contributed by atoms with Gasteiger partial charge in [-0.3, -0.25) is 0 Å². The number of unbranched alkanes of at least 4 members (excludes halogenated alkanes) is 1. The van der Waals surface area contributed by atoms with Crippen LogP contribution in [0.1, 0.15) is 39.2 Å². The lowest BCUT2D eigenvalue weighted by Gasteiger charge is -2.07. The largest absolute Gasteiger partial charge is 0.494 e. The molecule has 21 heavy (non-hydrogen) atoms. The Labute approximate surface area is 126 Å². The van der Waals surface area contributed by atoms with Crippen LogP contribution in [0.5, 0.6) is 5.75 Å². The highest BCUT2D eigenvalue weighted by Gasteiger charge is 2.12. The molecule has 4 nitrogen and oxygen atoms in total. The first-order chi connectivity index (χ1) is 10.1. The van der Waals surface area contributed by atoms with E-state index in [1.807, 2.05) is 18.2 Å². The molecule has 0 fully saturated rings. The maximum atomic E-state index is 11.7. The normalized spacial score (nSPS) is 11.1. The van der Waals surface area contributed by atoms with Gasteiger partial charge in [0, 0.05) is 0 Å². The highest BCUT2D eigenvalue weighted by atomic mass is 16.5. The maximum absolute atomic E-state index is 11.7. The fraction of sp³-hybridized carbons (Fsp3) is 0.412. The molecule has 0 bridgehead atoms. The summed E-state index contributed by atoms with van der Waals surface area (Å²) in [6.07, 6.45) is 3.37. The van der Waals surface area contributed by atoms with Crippen molar-refractivity contribution in [1.82, 2.24) is 0 Å². The number of nitrogens with zero attached hydrogens (tertiary/aromatic N) is 1. The van der Waals surface area contributed by atoms with Gasteiger partial charge in [-0.2, -0.15) is 5.26 Å². The van der Waals surface area contributed by atoms with Crippen LogP contribution in [-0.2, 0) is 9.53 Å². The minimum atomic E-state index is -0.601. The molecule has 0 spiro atoms. The van der Waals surface area contributed by atoms with Gasteiger partial charge in [0.25, 0.3) is 0 Å². The zero-order chi connectivity index (χ0) is 15.7. The van der Waals surface area contributed by atoms with Gasteiger partial charge in [0.05, 0.1) is 12.7 Å². The molecule has 0 aliphatic heterocycles. The van der Waals surface area contributed by atoms with Crippen molar-refractivity contribution in [1.29, 1.82) is 5.26 Å². The fourth-order valence-electron chi connectivity index (χ4n) is 1.58. The number of rotatable bonds is 7. The van der Waals surface area contributed by atoms with Crippen molar-refractivity contribution in [2.75, 3.05) is 6.61 Å². The first-order valence-corrected chi connectivity index (χ1v) is 7.12. The third kappa shape index (κ3) is 6.13. The van der Waals surface area contributed by atoms with Gasteiger partial charge in [-0.25, -0.2) is 4.79 Å². The molecule has 0 radical (unpaired) electrons. The van der Waals surface area contributed by atoms with E-state index in [0.717, 1.165) is 24.2 Å². The Morgan fingerprint density at radius 3 is 2.52 bits per heavy atom. The Morgan fingerprint density at radius 1 is 1.33 bits per heavy atom. The quantitative estimate of drug-likeness (QED) is 0.332. The van der Waals surface area contributed by atoms with Gasteiger partial charge in [-0.1, -0.05) is 25.5 Å². The maximum Gasteiger partial charge on any atom is 0.349 e. The molecule has 1 aromatic rings. The van der Waals surface area contributed by atoms with Crippen LogP contribution >= 0.6 is 0 Å². The van der Waals surface area contributed by atoms with Crippen LogP contribution in [-0.4, -0.2) is 18.7 Å². The van der Waals surface area contributed by atoms with Crippen molar-refractivity contribution < 1.29 is 14.3 Å². The molecule has 1 aromatic carbocycles. The zero-order valence-corrected chi connectivity index (χ0v) is 12.8. The van der Waals surface area contributed by atoms with Crippen molar-refractivity contribution in [2.45, 2.75) is 39.7 Å². The van der Waals surface area contributed by atoms with Crippen LogP contribution in [0.25, 0.3) is 6.08 Å². The molecule has 112 valence electrons. The second kappa shape index (κ2) is 8.80. The van der Waals surface area contributed by atoms with Crippen molar-refractivity contribution in [2.24, 2.45) is 0 Å². The van der Waals surface area contributed by atoms with Gasteiger partial charge in [0.15, 0.2) is 0 Å². The van der Waals surface area contributed by atoms with Crippen LogP contribution in [0.2, 0.25) is 0 Å². The lowest BCUT2D eigenvalue weighted by atomic mass is 10.1. The molecule has 0 heterocycles. The molecule has 0 unspecified atom stereocenters. The lowest BCUT2D eigenvalue weighted by Crippen LogP contribution is -2.12. The molecular formula is C17H21NO3. The van der Waals surface area contributed by atoms with E-state index in [-0.39, 0.29) is 11.7 Å². The minimum absolute atomic E-state index is 0.0108. The summed E-state index contributed by atoms with van der Waals surface area (Å²) >= 11 is 0. The molecule has 0 aliphatic rings. The Balaban J connectivity index is 2.74. The van der Waals surface area contributed by atoms with Crippen molar-refractivity contribution in [3.05, 3.63) is 35.4 Å². The minimum Gasteiger partial charge on any atom is -0.494 e. The molecule has 0 saturated heterocycles. The van der Waals surface area contributed by atoms with Crippen LogP contribution in [0.4, 0.5) is 0 Å². The molecule has 1 rings (SSSR count). The summed E-state index contributed by atoms with van der Waals surface area (Å²) in [6.45, 7) is 6.29. The fourth-order valence-corrected chi connectivity index (χ4v) is 1.58. The Morgan fingerprint density at radius 2 is 2.00 bits per heavy atom. The van der Waals surface area contributed by atoms with Gasteiger partial charge in [-0.15, -0.1) is 0 Å². The lowest BCUT2D eigenvalue weighted by molar-refractivity contribution is -0.142. The predicted molar refractivity (Wildman–Crippen MR) is 81.7 cm³/mol. The van der Waals surface area contributed by atoms with E-state index in [4.69, 9.17) is 14.7 Å². The SMILES string of the molecule is CCCCOc1ccc(/C=C(/C#N)C(=O)OC(C)C)cc1. The number of ether oxygens (including phenoxy) is 2. The van der Waals surface area contributed by atoms with Crippen molar-refractivity contribution in [3.63, 3.8) is 0 Å². The predicted octanol–water partition coefficient (Wildman–Crippen LogP) is 3.72. The number of carbonyl (C=O) groups is 1. The molecule has 0 aromatic heterocycles. The van der Waals surface area contributed by atoms with Gasteiger partial charge >= 0.3 is 5.97 Å². The van der Waals surface area contributed by atoms with E-state index in [9.17, 15) is 4.79 Å². The number of nitriles is 1. The second-order valence-electron chi connectivity index (χ2n) is 4.89. The Kier molecular flexibility index (Phi) is 7.03. The Hall–Kier alpha value is -2.28. The zero-order valence-electron chi connectivity index (χ0n) is 12.8. The summed E-state index contributed by atoms with van der Waals surface area (Å²) in [7, 11) is 0. The van der Waals surface area contributed by atoms with Gasteiger partial charge in [0.1, 0.15) is 17.4 Å². The van der Waals surface area contributed by atoms with Crippen LogP contribution in [0, 0.1) is 11.3 Å². The van der Waals surface area contributed by atoms with E-state index >= 15 is 0 Å². The summed E-state index contributed by atoms with van der Waals surface area (Å²) in [4.78, 5) is 11.7. The monoisotopic (exact) mass is 287 g/mol. The first kappa shape index (κ1) is 16.8. The standard InChI is InChI=1S/C17H21NO3/c1-4-5-10-20-16-8-6-14(7-9-16)11-15(12-18)17(19)21-13(2)3/h6-9,11,13H,4-5,10H2,1-3H3/b15-11-. The number of carbonyl (C=O) groups excluding carboxylic acids is 1. The van der Waals surface area contributed by atoms with Crippen molar-refractivity contribution >= 4 is 12.0 Å². The summed E-state index contributed by atoms with van der Waals surface area (Å²) in [5, 5.41) is 9.02. The topological polar surface area (TPSA) is 59.3 Å². The number of esters is 1. The van der Waals surface area contributed by atoms with E-state index < -0.39 is 5.97 Å². The number of hydrogen-bond donors (Lipinski definition) is 0. The summed E-state index contributed by atoms with van der Waals surface area (Å²) < 4.78 is 10.6. The third-order valence-electron chi connectivity index (χ3n) is 2.64. The third-order valence-corrected chi connectivity index (χ3v) is 2.64. The van der Waals surface area contributed by atoms with Crippen LogP contribution < -0.4 is 4.74 Å². The van der Waals surface area contributed by atoms with Crippen LogP contribution in [0.15, 0.2) is 29.8 Å². The number of hydrogen-bond acceptors (Lipinski definition) is 4. The van der Waals surface area contributed by atoms with E-state index in [1.54, 1.807) is 26.0 Å².